The Labute approximate surface area is 108 Å². The van der Waals surface area contributed by atoms with E-state index in [0.717, 1.165) is 10.2 Å². The van der Waals surface area contributed by atoms with Crippen molar-refractivity contribution in [3.05, 3.63) is 40.1 Å². The van der Waals surface area contributed by atoms with E-state index in [9.17, 15) is 5.11 Å². The third kappa shape index (κ3) is 2.56. The van der Waals surface area contributed by atoms with Crippen LogP contribution in [0.5, 0.6) is 0 Å². The lowest BCUT2D eigenvalue weighted by molar-refractivity contribution is 0.169. The first-order valence-corrected chi connectivity index (χ1v) is 6.28. The molecule has 1 aromatic carbocycles. The lowest BCUT2D eigenvalue weighted by Gasteiger charge is -2.04. The molecule has 90 valence electrons. The van der Waals surface area contributed by atoms with Gasteiger partial charge in [0, 0.05) is 4.47 Å². The molecule has 1 unspecified atom stereocenters. The minimum Gasteiger partial charge on any atom is -0.387 e. The van der Waals surface area contributed by atoms with Crippen LogP contribution in [0, 0.1) is 6.92 Å². The van der Waals surface area contributed by atoms with Gasteiger partial charge in [-0.15, -0.1) is 5.10 Å². The van der Waals surface area contributed by atoms with Gasteiger partial charge in [0.05, 0.1) is 18.0 Å². The van der Waals surface area contributed by atoms with Crippen LogP contribution in [0.4, 0.5) is 0 Å². The smallest absolute Gasteiger partial charge is 0.112 e. The van der Waals surface area contributed by atoms with Crippen LogP contribution in [-0.4, -0.2) is 20.1 Å². The van der Waals surface area contributed by atoms with Gasteiger partial charge < -0.3 is 5.11 Å². The second-order valence-electron chi connectivity index (χ2n) is 3.97. The third-order valence-electron chi connectivity index (χ3n) is 2.59. The summed E-state index contributed by atoms with van der Waals surface area (Å²) in [5.41, 5.74) is 2.69. The first-order chi connectivity index (χ1) is 8.11. The molecule has 0 radical (unpaired) electrons. The van der Waals surface area contributed by atoms with Crippen molar-refractivity contribution in [3.8, 4) is 5.69 Å². The van der Waals surface area contributed by atoms with E-state index in [1.807, 2.05) is 32.0 Å². The van der Waals surface area contributed by atoms with Crippen LogP contribution in [0.2, 0.25) is 0 Å². The van der Waals surface area contributed by atoms with E-state index >= 15 is 0 Å². The predicted molar refractivity (Wildman–Crippen MR) is 69.0 cm³/mol. The molecule has 5 heteroatoms. The Balaban J connectivity index is 2.37. The lowest BCUT2D eigenvalue weighted by atomic mass is 10.2. The van der Waals surface area contributed by atoms with Crippen molar-refractivity contribution in [2.45, 2.75) is 26.4 Å². The molecule has 0 aliphatic rings. The number of benzene rings is 1. The first-order valence-electron chi connectivity index (χ1n) is 5.48. The molecule has 0 aliphatic carbocycles. The molecule has 0 aliphatic heterocycles. The van der Waals surface area contributed by atoms with Crippen molar-refractivity contribution in [2.24, 2.45) is 0 Å². The van der Waals surface area contributed by atoms with E-state index in [0.29, 0.717) is 12.1 Å². The zero-order chi connectivity index (χ0) is 12.4. The lowest BCUT2D eigenvalue weighted by Crippen LogP contribution is -1.96. The molecular formula is C12H14BrN3O. The molecule has 2 rings (SSSR count). The van der Waals surface area contributed by atoms with Crippen molar-refractivity contribution in [3.63, 3.8) is 0 Å². The Kier molecular flexibility index (Phi) is 3.59. The van der Waals surface area contributed by atoms with E-state index in [2.05, 4.69) is 26.2 Å². The monoisotopic (exact) mass is 295 g/mol. The summed E-state index contributed by atoms with van der Waals surface area (Å²) in [7, 11) is 0. The summed E-state index contributed by atoms with van der Waals surface area (Å²) in [6, 6.07) is 6.00. The van der Waals surface area contributed by atoms with Crippen LogP contribution < -0.4 is 0 Å². The molecule has 1 atom stereocenters. The fourth-order valence-electron chi connectivity index (χ4n) is 1.55. The quantitative estimate of drug-likeness (QED) is 0.947. The van der Waals surface area contributed by atoms with Crippen molar-refractivity contribution in [2.75, 3.05) is 0 Å². The molecule has 0 fully saturated rings. The van der Waals surface area contributed by atoms with E-state index < -0.39 is 6.10 Å². The Morgan fingerprint density at radius 1 is 1.47 bits per heavy atom. The number of hydrogen-bond donors (Lipinski definition) is 1. The number of aromatic nitrogens is 3. The second-order valence-corrected chi connectivity index (χ2v) is 4.82. The summed E-state index contributed by atoms with van der Waals surface area (Å²) in [5, 5.41) is 17.7. The summed E-state index contributed by atoms with van der Waals surface area (Å²) < 4.78 is 2.62. The Hall–Kier alpha value is -1.20. The Morgan fingerprint density at radius 2 is 2.24 bits per heavy atom. The van der Waals surface area contributed by atoms with Crippen LogP contribution in [0.3, 0.4) is 0 Å². The number of aryl methyl sites for hydroxylation is 1. The van der Waals surface area contributed by atoms with Gasteiger partial charge >= 0.3 is 0 Å². The second kappa shape index (κ2) is 4.98. The van der Waals surface area contributed by atoms with Crippen molar-refractivity contribution in [1.82, 2.24) is 15.0 Å². The third-order valence-corrected chi connectivity index (χ3v) is 3.22. The largest absolute Gasteiger partial charge is 0.387 e. The predicted octanol–water partition coefficient (Wildman–Crippen LogP) is 2.78. The summed E-state index contributed by atoms with van der Waals surface area (Å²) >= 11 is 3.50. The SMILES string of the molecule is CCC(O)c1cn(-c2ccc(C)cc2Br)nn1. The van der Waals surface area contributed by atoms with E-state index in [1.165, 1.54) is 5.56 Å². The van der Waals surface area contributed by atoms with Gasteiger partial charge in [-0.2, -0.15) is 0 Å². The maximum Gasteiger partial charge on any atom is 0.112 e. The number of nitrogens with zero attached hydrogens (tertiary/aromatic N) is 3. The highest BCUT2D eigenvalue weighted by molar-refractivity contribution is 9.10. The Bertz CT molecular complexity index is 524. The maximum absolute atomic E-state index is 9.68. The molecule has 1 N–H and O–H groups in total. The molecule has 0 saturated heterocycles. The molecule has 0 bridgehead atoms. The van der Waals surface area contributed by atoms with Gasteiger partial charge in [-0.1, -0.05) is 18.2 Å². The molecule has 2 aromatic rings. The van der Waals surface area contributed by atoms with Crippen LogP contribution in [0.15, 0.2) is 28.9 Å². The fourth-order valence-corrected chi connectivity index (χ4v) is 2.23. The zero-order valence-corrected chi connectivity index (χ0v) is 11.3. The molecule has 17 heavy (non-hydrogen) atoms. The Morgan fingerprint density at radius 3 is 2.88 bits per heavy atom. The first kappa shape index (κ1) is 12.3. The minimum absolute atomic E-state index is 0.548. The van der Waals surface area contributed by atoms with Crippen LogP contribution >= 0.6 is 15.9 Å². The van der Waals surface area contributed by atoms with E-state index in [1.54, 1.807) is 10.9 Å². The van der Waals surface area contributed by atoms with Gasteiger partial charge in [0.1, 0.15) is 5.69 Å². The maximum atomic E-state index is 9.68. The van der Waals surface area contributed by atoms with Crippen LogP contribution in [-0.2, 0) is 0 Å². The summed E-state index contributed by atoms with van der Waals surface area (Å²) in [6.45, 7) is 3.94. The average molecular weight is 296 g/mol. The van der Waals surface area contributed by atoms with Gasteiger partial charge in [-0.05, 0) is 47.0 Å². The van der Waals surface area contributed by atoms with Crippen molar-refractivity contribution >= 4 is 15.9 Å². The molecule has 4 nitrogen and oxygen atoms in total. The highest BCUT2D eigenvalue weighted by Crippen LogP contribution is 2.22. The number of aliphatic hydroxyl groups excluding tert-OH is 1. The summed E-state index contributed by atoms with van der Waals surface area (Å²) in [6.07, 6.45) is 1.84. The van der Waals surface area contributed by atoms with E-state index in [-0.39, 0.29) is 0 Å². The van der Waals surface area contributed by atoms with Crippen molar-refractivity contribution < 1.29 is 5.11 Å². The van der Waals surface area contributed by atoms with Gasteiger partial charge in [0.25, 0.3) is 0 Å². The fraction of sp³-hybridized carbons (Fsp3) is 0.333. The standard InChI is InChI=1S/C12H14BrN3O/c1-3-12(17)10-7-16(15-14-10)11-5-4-8(2)6-9(11)13/h4-7,12,17H,3H2,1-2H3. The van der Waals surface area contributed by atoms with Crippen molar-refractivity contribution in [1.29, 1.82) is 0 Å². The zero-order valence-electron chi connectivity index (χ0n) is 9.76. The van der Waals surface area contributed by atoms with E-state index in [4.69, 9.17) is 0 Å². The molecule has 0 spiro atoms. The van der Waals surface area contributed by atoms with Gasteiger partial charge in [-0.25, -0.2) is 4.68 Å². The van der Waals surface area contributed by atoms with Gasteiger partial charge in [-0.3, -0.25) is 0 Å². The molecule has 0 amide bonds. The minimum atomic E-state index is -0.548. The number of hydrogen-bond acceptors (Lipinski definition) is 3. The molecule has 1 aromatic heterocycles. The summed E-state index contributed by atoms with van der Waals surface area (Å²) in [5.74, 6) is 0. The van der Waals surface area contributed by atoms with Gasteiger partial charge in [0.15, 0.2) is 0 Å². The van der Waals surface area contributed by atoms with Gasteiger partial charge in [0.2, 0.25) is 0 Å². The number of halogens is 1. The highest BCUT2D eigenvalue weighted by atomic mass is 79.9. The summed E-state index contributed by atoms with van der Waals surface area (Å²) in [4.78, 5) is 0. The highest BCUT2D eigenvalue weighted by Gasteiger charge is 2.11. The van der Waals surface area contributed by atoms with Crippen LogP contribution in [0.25, 0.3) is 5.69 Å². The molecule has 1 heterocycles. The average Bonchev–Trinajstić information content (AvgIpc) is 2.77. The topological polar surface area (TPSA) is 50.9 Å². The van der Waals surface area contributed by atoms with Crippen LogP contribution in [0.1, 0.15) is 30.7 Å². The molecular weight excluding hydrogens is 282 g/mol. The number of aliphatic hydroxyl groups is 1. The number of rotatable bonds is 3. The molecule has 0 saturated carbocycles. The normalized spacial score (nSPS) is 12.7.